The Balaban J connectivity index is 1.38. The van der Waals surface area contributed by atoms with Crippen molar-refractivity contribution in [3.63, 3.8) is 0 Å². The molecular formula is C48H28Br2N8. The van der Waals surface area contributed by atoms with Crippen LogP contribution in [0.15, 0.2) is 167 Å². The molecule has 8 bridgehead atoms. The molecule has 11 rings (SSSR count). The summed E-state index contributed by atoms with van der Waals surface area (Å²) in [5.41, 5.74) is 11.6. The molecule has 0 radical (unpaired) electrons. The summed E-state index contributed by atoms with van der Waals surface area (Å²) in [7, 11) is 0. The Labute approximate surface area is 348 Å². The van der Waals surface area contributed by atoms with Crippen molar-refractivity contribution in [2.75, 3.05) is 0 Å². The van der Waals surface area contributed by atoms with E-state index in [1.54, 1.807) is 0 Å². The Morgan fingerprint density at radius 2 is 0.741 bits per heavy atom. The van der Waals surface area contributed by atoms with E-state index in [0.29, 0.717) is 45.9 Å². The first-order valence-electron chi connectivity index (χ1n) is 18.7. The molecule has 5 heterocycles. The van der Waals surface area contributed by atoms with Gasteiger partial charge in [-0.2, -0.15) is 0 Å². The maximum Gasteiger partial charge on any atom is 0.165 e. The first-order chi connectivity index (χ1) is 28.6. The largest absolute Gasteiger partial charge is 0.324 e. The highest BCUT2D eigenvalue weighted by atomic mass is 79.9. The van der Waals surface area contributed by atoms with Gasteiger partial charge in [-0.15, -0.1) is 0 Å². The second-order valence-corrected chi connectivity index (χ2v) is 15.8. The molecule has 0 saturated heterocycles. The quantitative estimate of drug-likeness (QED) is 0.182. The number of hydrogen-bond acceptors (Lipinski definition) is 6. The zero-order valence-corrected chi connectivity index (χ0v) is 33.6. The van der Waals surface area contributed by atoms with E-state index in [1.165, 1.54) is 0 Å². The molecule has 3 aromatic heterocycles. The third-order valence-corrected chi connectivity index (χ3v) is 11.4. The lowest BCUT2D eigenvalue weighted by molar-refractivity contribution is 1.12. The second-order valence-electron chi connectivity index (χ2n) is 14.0. The van der Waals surface area contributed by atoms with Gasteiger partial charge < -0.3 is 9.97 Å². The maximum absolute atomic E-state index is 5.50. The van der Waals surface area contributed by atoms with Crippen LogP contribution >= 0.6 is 31.9 Å². The zero-order chi connectivity index (χ0) is 38.7. The summed E-state index contributed by atoms with van der Waals surface area (Å²) in [6.07, 6.45) is 0. The van der Waals surface area contributed by atoms with Crippen molar-refractivity contribution in [3.8, 4) is 45.0 Å². The normalized spacial score (nSPS) is 12.2. The number of H-pyrrole nitrogens is 2. The van der Waals surface area contributed by atoms with E-state index < -0.39 is 0 Å². The SMILES string of the molecule is Brc1ccc2c(c1)-c1nc-2nc2[nH]c(nc3nc(nc4[nH]c(n1)c(-c1ccccc1)c4-c1ccccc1)C(c1ccccc1)=C3c1ccccc1)c1ccc(Br)cc21. The molecule has 0 atom stereocenters. The Bertz CT molecular complexity index is 3290. The molecule has 0 spiro atoms. The van der Waals surface area contributed by atoms with E-state index in [4.69, 9.17) is 29.9 Å². The molecule has 6 aromatic carbocycles. The highest BCUT2D eigenvalue weighted by Crippen LogP contribution is 2.42. The van der Waals surface area contributed by atoms with E-state index in [2.05, 4.69) is 96.4 Å². The van der Waals surface area contributed by atoms with Crippen LogP contribution in [0.5, 0.6) is 0 Å². The number of nitrogens with zero attached hydrogens (tertiary/aromatic N) is 6. The van der Waals surface area contributed by atoms with Crippen molar-refractivity contribution in [3.05, 3.63) is 189 Å². The summed E-state index contributed by atoms with van der Waals surface area (Å²) in [5.74, 6) is 2.11. The topological polar surface area (TPSA) is 109 Å². The van der Waals surface area contributed by atoms with Crippen molar-refractivity contribution in [2.45, 2.75) is 0 Å². The Hall–Kier alpha value is -6.88. The average Bonchev–Trinajstić information content (AvgIpc) is 3.99. The van der Waals surface area contributed by atoms with Crippen LogP contribution in [-0.2, 0) is 0 Å². The fourth-order valence-electron chi connectivity index (χ4n) is 7.82. The number of aromatic amines is 2. The van der Waals surface area contributed by atoms with Crippen LogP contribution in [0, 0.1) is 0 Å². The lowest BCUT2D eigenvalue weighted by Gasteiger charge is -2.08. The van der Waals surface area contributed by atoms with Crippen LogP contribution in [0.3, 0.4) is 0 Å². The predicted octanol–water partition coefficient (Wildman–Crippen LogP) is 12.2. The van der Waals surface area contributed by atoms with Crippen molar-refractivity contribution < 1.29 is 0 Å². The molecule has 0 unspecified atom stereocenters. The van der Waals surface area contributed by atoms with Crippen LogP contribution in [0.2, 0.25) is 0 Å². The molecule has 0 aliphatic carbocycles. The van der Waals surface area contributed by atoms with Crippen LogP contribution < -0.4 is 0 Å². The van der Waals surface area contributed by atoms with Gasteiger partial charge in [0.25, 0.3) is 0 Å². The molecule has 274 valence electrons. The first kappa shape index (κ1) is 34.4. The third kappa shape index (κ3) is 5.88. The molecule has 0 amide bonds. The Morgan fingerprint density at radius 1 is 0.328 bits per heavy atom. The van der Waals surface area contributed by atoms with E-state index in [0.717, 1.165) is 75.4 Å². The third-order valence-electron chi connectivity index (χ3n) is 10.4. The number of fused-ring (bicyclic) bond motifs is 14. The lowest BCUT2D eigenvalue weighted by Crippen LogP contribution is -1.93. The predicted molar refractivity (Wildman–Crippen MR) is 238 cm³/mol. The number of rotatable bonds is 4. The first-order valence-corrected chi connectivity index (χ1v) is 20.3. The van der Waals surface area contributed by atoms with Gasteiger partial charge in [-0.25, -0.2) is 29.9 Å². The van der Waals surface area contributed by atoms with Crippen molar-refractivity contribution in [1.29, 1.82) is 0 Å². The minimum Gasteiger partial charge on any atom is -0.324 e. The van der Waals surface area contributed by atoms with Crippen molar-refractivity contribution >= 4 is 76.4 Å². The zero-order valence-electron chi connectivity index (χ0n) is 30.5. The summed E-state index contributed by atoms with van der Waals surface area (Å²) < 4.78 is 1.83. The van der Waals surface area contributed by atoms with Gasteiger partial charge in [0.2, 0.25) is 0 Å². The van der Waals surface area contributed by atoms with Crippen LogP contribution in [0.4, 0.5) is 0 Å². The fraction of sp³-hybridized carbons (Fsp3) is 0. The molecule has 58 heavy (non-hydrogen) atoms. The number of aromatic nitrogens is 8. The monoisotopic (exact) mass is 874 g/mol. The average molecular weight is 877 g/mol. The van der Waals surface area contributed by atoms with Gasteiger partial charge in [-0.3, -0.25) is 0 Å². The summed E-state index contributed by atoms with van der Waals surface area (Å²) in [6, 6.07) is 53.3. The standard InChI is InChI=1S/C48H28Br2N8/c49-31-22-24-34-35(25-31)43-51-41-33-23-21-32(50)26-36(33)44(52-41)55-46-38(28-15-7-2-8-16-28)40(30-19-11-4-12-20-30)48(57-46)58-47-39(29-17-9-3-10-18-29)37(27-13-5-1-6-14-27)45(56-47)54-42(34)53-43/h1-26H,(H2,51,52,53,54,55,56,57,58). The highest BCUT2D eigenvalue weighted by molar-refractivity contribution is 9.10. The van der Waals surface area contributed by atoms with E-state index in [-0.39, 0.29) is 0 Å². The van der Waals surface area contributed by atoms with Gasteiger partial charge >= 0.3 is 0 Å². The van der Waals surface area contributed by atoms with Gasteiger partial charge in [-0.1, -0.05) is 153 Å². The molecule has 10 heteroatoms. The second kappa shape index (κ2) is 13.9. The van der Waals surface area contributed by atoms with Gasteiger partial charge in [0.1, 0.15) is 22.6 Å². The summed E-state index contributed by atoms with van der Waals surface area (Å²) in [4.78, 5) is 39.1. The molecule has 0 saturated carbocycles. The van der Waals surface area contributed by atoms with Crippen molar-refractivity contribution in [2.24, 2.45) is 0 Å². The summed E-state index contributed by atoms with van der Waals surface area (Å²) >= 11 is 7.40. The van der Waals surface area contributed by atoms with Gasteiger partial charge in [0.05, 0.1) is 0 Å². The molecule has 2 aliphatic heterocycles. The minimum absolute atomic E-state index is 0.520. The fourth-order valence-corrected chi connectivity index (χ4v) is 8.54. The Morgan fingerprint density at radius 3 is 1.33 bits per heavy atom. The van der Waals surface area contributed by atoms with E-state index in [9.17, 15) is 0 Å². The highest BCUT2D eigenvalue weighted by Gasteiger charge is 2.28. The number of nitrogens with one attached hydrogen (secondary N) is 2. The molecular weight excluding hydrogens is 848 g/mol. The molecule has 9 aromatic rings. The van der Waals surface area contributed by atoms with E-state index >= 15 is 0 Å². The van der Waals surface area contributed by atoms with Crippen LogP contribution in [-0.4, -0.2) is 39.9 Å². The lowest BCUT2D eigenvalue weighted by atomic mass is 9.95. The minimum atomic E-state index is 0.520. The van der Waals surface area contributed by atoms with Crippen molar-refractivity contribution in [1.82, 2.24) is 39.9 Å². The number of halogens is 2. The van der Waals surface area contributed by atoms with Gasteiger partial charge in [-0.05, 0) is 58.7 Å². The smallest absolute Gasteiger partial charge is 0.165 e. The molecule has 0 fully saturated rings. The number of hydrogen-bond donors (Lipinski definition) is 2. The van der Waals surface area contributed by atoms with Crippen LogP contribution in [0.1, 0.15) is 22.8 Å². The maximum atomic E-state index is 5.50. The summed E-state index contributed by atoms with van der Waals surface area (Å²) in [6.45, 7) is 0. The van der Waals surface area contributed by atoms with Gasteiger partial charge in [0.15, 0.2) is 23.3 Å². The van der Waals surface area contributed by atoms with E-state index in [1.807, 2.05) is 103 Å². The summed E-state index contributed by atoms with van der Waals surface area (Å²) in [5, 5.41) is 1.78. The molecule has 8 nitrogen and oxygen atoms in total. The molecule has 2 N–H and O–H groups in total. The van der Waals surface area contributed by atoms with Crippen LogP contribution in [0.25, 0.3) is 89.5 Å². The van der Waals surface area contributed by atoms with Gasteiger partial charge in [0, 0.05) is 53.1 Å². The Kier molecular flexibility index (Phi) is 8.27. The molecule has 2 aliphatic rings. The number of benzene rings is 6.